The van der Waals surface area contributed by atoms with Crippen molar-refractivity contribution >= 4 is 39.2 Å². The number of rotatable bonds is 9. The van der Waals surface area contributed by atoms with Gasteiger partial charge < -0.3 is 10.2 Å². The van der Waals surface area contributed by atoms with Crippen LogP contribution in [0, 0.1) is 22.7 Å². The maximum atomic E-state index is 13.4. The predicted octanol–water partition coefficient (Wildman–Crippen LogP) is 11.2. The van der Waals surface area contributed by atoms with Crippen molar-refractivity contribution in [2.45, 2.75) is 32.6 Å². The molecule has 0 amide bonds. The zero-order chi connectivity index (χ0) is 41.9. The molecule has 0 atom stereocenters. The van der Waals surface area contributed by atoms with Crippen LogP contribution in [-0.4, -0.2) is 49.8 Å². The molecule has 14 heteroatoms. The number of nitrogens with one attached hydrogen (secondary N) is 1. The Morgan fingerprint density at radius 1 is 0.644 bits per heavy atom. The van der Waals surface area contributed by atoms with Crippen LogP contribution in [0.25, 0.3) is 55.6 Å². The van der Waals surface area contributed by atoms with Crippen LogP contribution in [0.2, 0.25) is 0 Å². The van der Waals surface area contributed by atoms with E-state index in [9.17, 15) is 36.9 Å². The summed E-state index contributed by atoms with van der Waals surface area (Å²) in [5.74, 6) is 0.689. The van der Waals surface area contributed by atoms with Gasteiger partial charge in [0.05, 0.1) is 33.2 Å². The first-order valence-electron chi connectivity index (χ1n) is 18.8. The molecule has 8 aromatic rings. The van der Waals surface area contributed by atoms with Gasteiger partial charge in [-0.2, -0.15) is 36.9 Å². The number of imidazole rings is 2. The average molecular weight is 803 g/mol. The van der Waals surface area contributed by atoms with E-state index in [2.05, 4.69) is 46.2 Å². The quantitative estimate of drug-likeness (QED) is 0.115. The molecule has 0 bridgehead atoms. The van der Waals surface area contributed by atoms with Gasteiger partial charge in [0.25, 0.3) is 0 Å². The molecule has 0 aliphatic carbocycles. The molecule has 0 saturated heterocycles. The number of alkyl halides is 6. The van der Waals surface area contributed by atoms with Gasteiger partial charge in [-0.05, 0) is 97.8 Å². The zero-order valence-corrected chi connectivity index (χ0v) is 31.9. The van der Waals surface area contributed by atoms with E-state index in [-0.39, 0.29) is 11.1 Å². The molecular weight excluding hydrogens is 767 g/mol. The second-order valence-electron chi connectivity index (χ2n) is 13.7. The molecule has 8 rings (SSSR count). The third kappa shape index (κ3) is 8.13. The van der Waals surface area contributed by atoms with E-state index >= 15 is 0 Å². The van der Waals surface area contributed by atoms with Gasteiger partial charge in [0.1, 0.15) is 29.1 Å². The van der Waals surface area contributed by atoms with Crippen LogP contribution < -0.4 is 5.32 Å². The normalized spacial score (nSPS) is 11.8. The minimum absolute atomic E-state index is 0.240. The number of fused-ring (bicyclic) bond motifs is 6. The molecule has 8 nitrogen and oxygen atoms in total. The van der Waals surface area contributed by atoms with E-state index < -0.39 is 23.5 Å². The lowest BCUT2D eigenvalue weighted by Crippen LogP contribution is -2.25. The highest BCUT2D eigenvalue weighted by atomic mass is 19.4. The Balaban J connectivity index is 0.000000187. The third-order valence-electron chi connectivity index (χ3n) is 10.1. The molecule has 4 aromatic carbocycles. The van der Waals surface area contributed by atoms with Gasteiger partial charge in [0.15, 0.2) is 11.3 Å². The summed E-state index contributed by atoms with van der Waals surface area (Å²) in [5.41, 5.74) is 4.45. The highest BCUT2D eigenvalue weighted by Crippen LogP contribution is 2.37. The highest BCUT2D eigenvalue weighted by Gasteiger charge is 2.32. The van der Waals surface area contributed by atoms with Crippen molar-refractivity contribution in [3.63, 3.8) is 0 Å². The molecule has 1 N–H and O–H groups in total. The highest BCUT2D eigenvalue weighted by molar-refractivity contribution is 5.90. The van der Waals surface area contributed by atoms with Crippen molar-refractivity contribution < 1.29 is 26.3 Å². The number of pyridine rings is 2. The van der Waals surface area contributed by atoms with Gasteiger partial charge >= 0.3 is 12.4 Å². The molecule has 0 aliphatic rings. The number of benzene rings is 4. The number of aromatic nitrogens is 4. The molecule has 0 unspecified atom stereocenters. The van der Waals surface area contributed by atoms with Crippen LogP contribution in [0.4, 0.5) is 32.2 Å². The summed E-state index contributed by atoms with van der Waals surface area (Å²) in [4.78, 5) is 11.4. The van der Waals surface area contributed by atoms with Gasteiger partial charge in [-0.1, -0.05) is 62.4 Å². The van der Waals surface area contributed by atoms with Crippen molar-refractivity contribution in [2.24, 2.45) is 0 Å². The summed E-state index contributed by atoms with van der Waals surface area (Å²) in [5, 5.41) is 23.0. The summed E-state index contributed by atoms with van der Waals surface area (Å²) in [6, 6.07) is 32.7. The van der Waals surface area contributed by atoms with Crippen LogP contribution >= 0.6 is 0 Å². The van der Waals surface area contributed by atoms with Gasteiger partial charge in [0, 0.05) is 23.9 Å². The Kier molecular flexibility index (Phi) is 11.3. The van der Waals surface area contributed by atoms with E-state index in [4.69, 9.17) is 0 Å². The molecular formula is C45H36F6N8. The Hall–Kier alpha value is -6.90. The largest absolute Gasteiger partial charge is 0.416 e. The van der Waals surface area contributed by atoms with Crippen LogP contribution in [0.15, 0.2) is 115 Å². The number of nitriles is 2. The van der Waals surface area contributed by atoms with E-state index in [1.165, 1.54) is 12.1 Å². The number of para-hydroxylation sites is 4. The van der Waals surface area contributed by atoms with Gasteiger partial charge in [-0.3, -0.25) is 8.80 Å². The van der Waals surface area contributed by atoms with E-state index in [0.29, 0.717) is 51.4 Å². The molecule has 298 valence electrons. The molecule has 4 aromatic heterocycles. The van der Waals surface area contributed by atoms with Gasteiger partial charge in [0.2, 0.25) is 0 Å². The first-order chi connectivity index (χ1) is 28.4. The number of hydrogen-bond acceptors (Lipinski definition) is 6. The lowest BCUT2D eigenvalue weighted by Gasteiger charge is -2.19. The molecule has 4 heterocycles. The van der Waals surface area contributed by atoms with Crippen LogP contribution in [0.5, 0.6) is 0 Å². The first kappa shape index (κ1) is 40.3. The number of nitrogens with zero attached hydrogens (tertiary/aromatic N) is 7. The summed E-state index contributed by atoms with van der Waals surface area (Å²) in [6.07, 6.45) is -6.29. The molecule has 0 spiro atoms. The van der Waals surface area contributed by atoms with E-state index in [0.717, 1.165) is 66.9 Å². The molecule has 0 aliphatic heterocycles. The topological polar surface area (TPSA) is 97.5 Å². The summed E-state index contributed by atoms with van der Waals surface area (Å²) >= 11 is 0. The lowest BCUT2D eigenvalue weighted by atomic mass is 9.99. The predicted molar refractivity (Wildman–Crippen MR) is 217 cm³/mol. The monoisotopic (exact) mass is 802 g/mol. The Bertz CT molecular complexity index is 2890. The summed E-state index contributed by atoms with van der Waals surface area (Å²) < 4.78 is 82.7. The van der Waals surface area contributed by atoms with Crippen molar-refractivity contribution in [1.29, 1.82) is 10.5 Å². The molecule has 0 saturated carbocycles. The van der Waals surface area contributed by atoms with Crippen LogP contribution in [0.3, 0.4) is 0 Å². The third-order valence-corrected chi connectivity index (χ3v) is 10.1. The number of hydrogen-bond donors (Lipinski definition) is 1. The van der Waals surface area contributed by atoms with Gasteiger partial charge in [-0.25, -0.2) is 9.97 Å². The summed E-state index contributed by atoms with van der Waals surface area (Å²) in [7, 11) is 0. The van der Waals surface area contributed by atoms with Crippen LogP contribution in [0.1, 0.15) is 42.5 Å². The smallest absolute Gasteiger partial charge is 0.371 e. The molecule has 0 fully saturated rings. The maximum Gasteiger partial charge on any atom is 0.416 e. The zero-order valence-electron chi connectivity index (χ0n) is 31.9. The SMILES string of the molecule is CCN(CC)CCCNc1cc(-c2cccc(C(F)(F)F)c2)c(C#N)c2nc3ccccc3n12.N#Cc1c(-c2cccc(C(F)(F)F)c2)ccn2c1nc1ccccc12. The standard InChI is InChI=1S/C26H26F3N5.C19H10F3N3/c1-3-33(4-2)14-8-13-31-24-16-20(18-9-7-10-19(15-18)26(27,28)29)21(17-30)25-32-22-11-5-6-12-23(22)34(24)25;20-19(21,22)13-5-3-4-12(10-13)14-8-9-25-17-7-2-1-6-16(17)24-18(25)15(14)11-23/h5-7,9-12,15-16,31H,3-4,8,13-14H2,1-2H3;1-10H. The fourth-order valence-electron chi connectivity index (χ4n) is 7.16. The van der Waals surface area contributed by atoms with Crippen LogP contribution in [-0.2, 0) is 12.4 Å². The fourth-order valence-corrected chi connectivity index (χ4v) is 7.16. The molecule has 59 heavy (non-hydrogen) atoms. The van der Waals surface area contributed by atoms with Crippen molar-refractivity contribution in [3.8, 4) is 34.4 Å². The second kappa shape index (κ2) is 16.5. The van der Waals surface area contributed by atoms with E-state index in [1.54, 1.807) is 34.9 Å². The summed E-state index contributed by atoms with van der Waals surface area (Å²) in [6.45, 7) is 7.81. The van der Waals surface area contributed by atoms with Crippen molar-refractivity contribution in [3.05, 3.63) is 138 Å². The fraction of sp³-hybridized carbons (Fsp3) is 0.200. The van der Waals surface area contributed by atoms with Gasteiger partial charge in [-0.15, -0.1) is 0 Å². The first-order valence-corrected chi connectivity index (χ1v) is 18.8. The second-order valence-corrected chi connectivity index (χ2v) is 13.7. The van der Waals surface area contributed by atoms with Crippen molar-refractivity contribution in [1.82, 2.24) is 23.7 Å². The maximum absolute atomic E-state index is 13.4. The minimum Gasteiger partial charge on any atom is -0.371 e. The lowest BCUT2D eigenvalue weighted by molar-refractivity contribution is -0.138. The van der Waals surface area contributed by atoms with Crippen molar-refractivity contribution in [2.75, 3.05) is 31.5 Å². The molecule has 0 radical (unpaired) electrons. The Labute approximate surface area is 335 Å². The average Bonchev–Trinajstić information content (AvgIpc) is 3.82. The number of anilines is 1. The Morgan fingerprint density at radius 3 is 1.78 bits per heavy atom. The minimum atomic E-state index is -4.47. The van der Waals surface area contributed by atoms with E-state index in [1.807, 2.05) is 52.9 Å². The number of halogens is 6. The Morgan fingerprint density at radius 2 is 1.19 bits per heavy atom.